The number of hydrogen-bond donors (Lipinski definition) is 2. The van der Waals surface area contributed by atoms with E-state index in [0.29, 0.717) is 36.3 Å². The molecular weight excluding hydrogens is 436 g/mol. The Kier molecular flexibility index (Phi) is 8.61. The Morgan fingerprint density at radius 2 is 1.70 bits per heavy atom. The lowest BCUT2D eigenvalue weighted by Crippen LogP contribution is -2.17. The van der Waals surface area contributed by atoms with E-state index in [1.165, 1.54) is 5.56 Å². The van der Waals surface area contributed by atoms with Crippen molar-refractivity contribution in [3.63, 3.8) is 0 Å². The lowest BCUT2D eigenvalue weighted by molar-refractivity contribution is -0.118. The monoisotopic (exact) mass is 466 g/mol. The molecule has 0 spiro atoms. The van der Waals surface area contributed by atoms with Crippen molar-refractivity contribution in [2.45, 2.75) is 40.8 Å². The molecule has 0 heterocycles. The Morgan fingerprint density at radius 1 is 0.970 bits per heavy atom. The van der Waals surface area contributed by atoms with Gasteiger partial charge in [0.25, 0.3) is 0 Å². The molecule has 0 aliphatic carbocycles. The van der Waals surface area contributed by atoms with E-state index in [4.69, 9.17) is 21.1 Å². The van der Waals surface area contributed by atoms with Crippen molar-refractivity contribution in [3.8, 4) is 11.5 Å². The lowest BCUT2D eigenvalue weighted by Gasteiger charge is -2.16. The number of anilines is 2. The lowest BCUT2D eigenvalue weighted by atomic mass is 10.1. The van der Waals surface area contributed by atoms with Gasteiger partial charge in [-0.05, 0) is 61.4 Å². The van der Waals surface area contributed by atoms with Gasteiger partial charge in [-0.25, -0.2) is 0 Å². The average molecular weight is 467 g/mol. The number of rotatable bonds is 10. The van der Waals surface area contributed by atoms with Crippen LogP contribution in [0.3, 0.4) is 0 Å². The molecule has 0 aromatic heterocycles. The summed E-state index contributed by atoms with van der Waals surface area (Å²) in [6.45, 7) is 9.21. The van der Waals surface area contributed by atoms with Gasteiger partial charge in [0.15, 0.2) is 11.5 Å². The van der Waals surface area contributed by atoms with Crippen LogP contribution in [0.4, 0.5) is 11.4 Å². The first kappa shape index (κ1) is 24.5. The van der Waals surface area contributed by atoms with Crippen molar-refractivity contribution < 1.29 is 14.3 Å². The highest BCUT2D eigenvalue weighted by Gasteiger charge is 2.13. The normalized spacial score (nSPS) is 10.7. The summed E-state index contributed by atoms with van der Waals surface area (Å²) in [5.74, 6) is 1.12. The number of aryl methyl sites for hydroxylation is 1. The smallest absolute Gasteiger partial charge is 0.226 e. The van der Waals surface area contributed by atoms with Crippen LogP contribution >= 0.6 is 11.6 Å². The second-order valence-corrected chi connectivity index (χ2v) is 8.60. The van der Waals surface area contributed by atoms with Gasteiger partial charge >= 0.3 is 0 Å². The fourth-order valence-corrected chi connectivity index (χ4v) is 3.53. The minimum absolute atomic E-state index is 0.00138. The molecule has 0 unspecified atom stereocenters. The van der Waals surface area contributed by atoms with Gasteiger partial charge in [0.1, 0.15) is 6.61 Å². The van der Waals surface area contributed by atoms with Crippen molar-refractivity contribution >= 4 is 28.9 Å². The van der Waals surface area contributed by atoms with Gasteiger partial charge in [-0.1, -0.05) is 55.3 Å². The number of halogens is 1. The van der Waals surface area contributed by atoms with E-state index in [0.717, 1.165) is 22.5 Å². The van der Waals surface area contributed by atoms with E-state index in [2.05, 4.69) is 29.7 Å². The Bertz CT molecular complexity index is 1080. The molecule has 33 heavy (non-hydrogen) atoms. The van der Waals surface area contributed by atoms with Gasteiger partial charge in [0.2, 0.25) is 5.91 Å². The second-order valence-electron chi connectivity index (χ2n) is 8.19. The van der Waals surface area contributed by atoms with Gasteiger partial charge < -0.3 is 20.1 Å². The minimum Gasteiger partial charge on any atom is -0.490 e. The molecule has 2 N–H and O–H groups in total. The molecule has 0 bridgehead atoms. The second kappa shape index (κ2) is 11.6. The summed E-state index contributed by atoms with van der Waals surface area (Å²) >= 11 is 6.57. The molecule has 0 radical (unpaired) electrons. The van der Waals surface area contributed by atoms with Gasteiger partial charge in [-0.15, -0.1) is 0 Å². The highest BCUT2D eigenvalue weighted by molar-refractivity contribution is 6.32. The number of hydrogen-bond acceptors (Lipinski definition) is 4. The van der Waals surface area contributed by atoms with Crippen LogP contribution in [0, 0.1) is 12.8 Å². The quantitative estimate of drug-likeness (QED) is 0.343. The predicted molar refractivity (Wildman–Crippen MR) is 135 cm³/mol. The maximum absolute atomic E-state index is 11.8. The van der Waals surface area contributed by atoms with Crippen LogP contribution in [0.15, 0.2) is 60.7 Å². The number of amides is 1. The van der Waals surface area contributed by atoms with Crippen LogP contribution in [0.2, 0.25) is 5.02 Å². The summed E-state index contributed by atoms with van der Waals surface area (Å²) in [6.07, 6.45) is 0. The van der Waals surface area contributed by atoms with Gasteiger partial charge in [0.05, 0.1) is 11.6 Å². The van der Waals surface area contributed by atoms with E-state index in [-0.39, 0.29) is 11.8 Å². The molecule has 0 saturated carbocycles. The Morgan fingerprint density at radius 3 is 2.36 bits per heavy atom. The average Bonchev–Trinajstić information content (AvgIpc) is 2.78. The van der Waals surface area contributed by atoms with Crippen molar-refractivity contribution in [1.82, 2.24) is 0 Å². The van der Waals surface area contributed by atoms with Crippen molar-refractivity contribution in [3.05, 3.63) is 82.4 Å². The van der Waals surface area contributed by atoms with Crippen LogP contribution in [-0.2, 0) is 17.9 Å². The summed E-state index contributed by atoms with van der Waals surface area (Å²) in [4.78, 5) is 11.8. The molecule has 0 saturated heterocycles. The molecule has 5 nitrogen and oxygen atoms in total. The Hall–Kier alpha value is -3.18. The molecule has 3 aromatic carbocycles. The van der Waals surface area contributed by atoms with Gasteiger partial charge in [-0.3, -0.25) is 4.79 Å². The molecule has 6 heteroatoms. The zero-order valence-electron chi connectivity index (χ0n) is 19.6. The summed E-state index contributed by atoms with van der Waals surface area (Å²) in [5.41, 5.74) is 4.95. The molecule has 0 atom stereocenters. The fraction of sp³-hybridized carbons (Fsp3) is 0.296. The standard InChI is InChI=1S/C27H31ClN2O3/c1-5-32-25-15-21(14-24(28)26(25)33-17-20-8-6-7-19(4)13-20)16-29-22-9-11-23(12-10-22)30-27(31)18(2)3/h6-15,18,29H,5,16-17H2,1-4H3,(H,30,31). The number of benzene rings is 3. The Labute approximate surface area is 201 Å². The van der Waals surface area contributed by atoms with Crippen LogP contribution in [-0.4, -0.2) is 12.5 Å². The first-order valence-corrected chi connectivity index (χ1v) is 11.5. The highest BCUT2D eigenvalue weighted by Crippen LogP contribution is 2.37. The maximum Gasteiger partial charge on any atom is 0.226 e. The Balaban J connectivity index is 1.66. The third-order valence-corrected chi connectivity index (χ3v) is 5.29. The maximum atomic E-state index is 11.8. The minimum atomic E-state index is -0.0594. The van der Waals surface area contributed by atoms with Crippen LogP contribution < -0.4 is 20.1 Å². The van der Waals surface area contributed by atoms with Crippen LogP contribution in [0.5, 0.6) is 11.5 Å². The van der Waals surface area contributed by atoms with E-state index in [9.17, 15) is 4.79 Å². The summed E-state index contributed by atoms with van der Waals surface area (Å²) in [6, 6.07) is 19.6. The molecule has 0 aliphatic rings. The molecule has 0 aliphatic heterocycles. The van der Waals surface area contributed by atoms with Crippen LogP contribution in [0.25, 0.3) is 0 Å². The molecule has 1 amide bonds. The first-order valence-electron chi connectivity index (χ1n) is 11.1. The third kappa shape index (κ3) is 7.16. The summed E-state index contributed by atoms with van der Waals surface area (Å²) < 4.78 is 11.8. The number of nitrogens with one attached hydrogen (secondary N) is 2. The largest absolute Gasteiger partial charge is 0.490 e. The summed E-state index contributed by atoms with van der Waals surface area (Å²) in [7, 11) is 0. The van der Waals surface area contributed by atoms with Crippen molar-refractivity contribution in [1.29, 1.82) is 0 Å². The predicted octanol–water partition coefficient (Wildman–Crippen LogP) is 6.83. The zero-order chi connectivity index (χ0) is 23.8. The van der Waals surface area contributed by atoms with Crippen molar-refractivity contribution in [2.75, 3.05) is 17.2 Å². The molecule has 3 rings (SSSR count). The van der Waals surface area contributed by atoms with Crippen molar-refractivity contribution in [2.24, 2.45) is 5.92 Å². The molecule has 3 aromatic rings. The van der Waals surface area contributed by atoms with E-state index >= 15 is 0 Å². The topological polar surface area (TPSA) is 59.6 Å². The summed E-state index contributed by atoms with van der Waals surface area (Å²) in [5, 5.41) is 6.78. The van der Waals surface area contributed by atoms with E-state index in [1.54, 1.807) is 0 Å². The van der Waals surface area contributed by atoms with Gasteiger partial charge in [0, 0.05) is 23.8 Å². The fourth-order valence-electron chi connectivity index (χ4n) is 3.25. The highest BCUT2D eigenvalue weighted by atomic mass is 35.5. The first-order chi connectivity index (χ1) is 15.9. The zero-order valence-corrected chi connectivity index (χ0v) is 20.3. The van der Waals surface area contributed by atoms with E-state index in [1.807, 2.05) is 69.3 Å². The SMILES string of the molecule is CCOc1cc(CNc2ccc(NC(=O)C(C)C)cc2)cc(Cl)c1OCc1cccc(C)c1. The number of carbonyl (C=O) groups is 1. The molecule has 174 valence electrons. The van der Waals surface area contributed by atoms with Crippen LogP contribution in [0.1, 0.15) is 37.5 Å². The van der Waals surface area contributed by atoms with Gasteiger partial charge in [-0.2, -0.15) is 0 Å². The molecular formula is C27H31ClN2O3. The molecule has 0 fully saturated rings. The van der Waals surface area contributed by atoms with E-state index < -0.39 is 0 Å². The third-order valence-electron chi connectivity index (χ3n) is 5.01. The number of carbonyl (C=O) groups excluding carboxylic acids is 1. The number of ether oxygens (including phenoxy) is 2.